The first-order chi connectivity index (χ1) is 6.77. The molecule has 0 saturated carbocycles. The lowest BCUT2D eigenvalue weighted by Crippen LogP contribution is -2.17. The highest BCUT2D eigenvalue weighted by Crippen LogP contribution is 2.25. The number of ketones is 1. The van der Waals surface area contributed by atoms with Crippen LogP contribution in [0, 0.1) is 0 Å². The van der Waals surface area contributed by atoms with Gasteiger partial charge in [-0.05, 0) is 23.6 Å². The van der Waals surface area contributed by atoms with Crippen LogP contribution in [0.15, 0.2) is 36.4 Å². The Bertz CT molecular complexity index is 365. The van der Waals surface area contributed by atoms with Gasteiger partial charge in [0.2, 0.25) is 0 Å². The Morgan fingerprint density at radius 1 is 1.21 bits per heavy atom. The molecule has 72 valence electrons. The molecule has 1 aliphatic rings. The highest BCUT2D eigenvalue weighted by molar-refractivity contribution is 5.99. The smallest absolute Gasteiger partial charge is 0.156 e. The van der Waals surface area contributed by atoms with E-state index in [1.165, 1.54) is 0 Å². The van der Waals surface area contributed by atoms with E-state index < -0.39 is 6.10 Å². The highest BCUT2D eigenvalue weighted by Gasteiger charge is 2.19. The van der Waals surface area contributed by atoms with Gasteiger partial charge in [0.15, 0.2) is 5.78 Å². The summed E-state index contributed by atoms with van der Waals surface area (Å²) in [4.78, 5) is 11.2. The molecule has 0 amide bonds. The van der Waals surface area contributed by atoms with Gasteiger partial charge in [0.05, 0.1) is 6.10 Å². The monoisotopic (exact) mass is 188 g/mol. The standard InChI is InChI=1S/C12H12O2/c13-10-6-7-12(14)11(8-10)9-4-2-1-3-5-9/h1-5,8,12,14H,6-7H2. The van der Waals surface area contributed by atoms with E-state index in [9.17, 15) is 9.90 Å². The molecule has 1 N–H and O–H groups in total. The van der Waals surface area contributed by atoms with Gasteiger partial charge in [-0.2, -0.15) is 0 Å². The molecule has 0 heterocycles. The molecular weight excluding hydrogens is 176 g/mol. The van der Waals surface area contributed by atoms with Gasteiger partial charge in [-0.3, -0.25) is 4.79 Å². The fraction of sp³-hybridized carbons (Fsp3) is 0.250. The third-order valence-electron chi connectivity index (χ3n) is 2.45. The summed E-state index contributed by atoms with van der Waals surface area (Å²) >= 11 is 0. The molecule has 0 fully saturated rings. The fourth-order valence-electron chi connectivity index (χ4n) is 1.68. The van der Waals surface area contributed by atoms with Crippen LogP contribution >= 0.6 is 0 Å². The zero-order valence-corrected chi connectivity index (χ0v) is 7.81. The highest BCUT2D eigenvalue weighted by atomic mass is 16.3. The number of aliphatic hydroxyl groups excluding tert-OH is 1. The number of rotatable bonds is 1. The maximum atomic E-state index is 11.2. The molecule has 1 aliphatic carbocycles. The van der Waals surface area contributed by atoms with E-state index in [-0.39, 0.29) is 5.78 Å². The van der Waals surface area contributed by atoms with Crippen molar-refractivity contribution in [2.45, 2.75) is 18.9 Å². The van der Waals surface area contributed by atoms with Crippen LogP contribution in [0.5, 0.6) is 0 Å². The SMILES string of the molecule is O=C1C=C(c2ccccc2)C(O)CC1. The summed E-state index contributed by atoms with van der Waals surface area (Å²) in [6, 6.07) is 9.55. The van der Waals surface area contributed by atoms with Crippen molar-refractivity contribution in [3.05, 3.63) is 42.0 Å². The maximum Gasteiger partial charge on any atom is 0.156 e. The predicted molar refractivity (Wildman–Crippen MR) is 54.7 cm³/mol. The molecule has 0 bridgehead atoms. The molecular formula is C12H12O2. The molecule has 14 heavy (non-hydrogen) atoms. The van der Waals surface area contributed by atoms with Crippen LogP contribution in [0.3, 0.4) is 0 Å². The van der Waals surface area contributed by atoms with Crippen LogP contribution in [0.25, 0.3) is 5.57 Å². The summed E-state index contributed by atoms with van der Waals surface area (Å²) in [6.07, 6.45) is 2.07. The molecule has 0 spiro atoms. The lowest BCUT2D eigenvalue weighted by Gasteiger charge is -2.18. The normalized spacial score (nSPS) is 21.9. The summed E-state index contributed by atoms with van der Waals surface area (Å²) in [5.41, 5.74) is 1.69. The molecule has 0 saturated heterocycles. The summed E-state index contributed by atoms with van der Waals surface area (Å²) < 4.78 is 0. The number of hydrogen-bond acceptors (Lipinski definition) is 2. The van der Waals surface area contributed by atoms with E-state index in [2.05, 4.69) is 0 Å². The Kier molecular flexibility index (Phi) is 2.46. The second-order valence-electron chi connectivity index (χ2n) is 3.49. The van der Waals surface area contributed by atoms with Crippen LogP contribution in [0.1, 0.15) is 18.4 Å². The topological polar surface area (TPSA) is 37.3 Å². The molecule has 1 aromatic carbocycles. The van der Waals surface area contributed by atoms with Crippen LogP contribution < -0.4 is 0 Å². The Balaban J connectivity index is 2.37. The predicted octanol–water partition coefficient (Wildman–Crippen LogP) is 1.79. The maximum absolute atomic E-state index is 11.2. The van der Waals surface area contributed by atoms with Gasteiger partial charge in [0.25, 0.3) is 0 Å². The third kappa shape index (κ3) is 1.75. The number of hydrogen-bond donors (Lipinski definition) is 1. The van der Waals surface area contributed by atoms with Crippen LogP contribution in [0.4, 0.5) is 0 Å². The summed E-state index contributed by atoms with van der Waals surface area (Å²) in [5.74, 6) is 0.106. The molecule has 1 unspecified atom stereocenters. The summed E-state index contributed by atoms with van der Waals surface area (Å²) in [6.45, 7) is 0. The first kappa shape index (κ1) is 9.16. The average Bonchev–Trinajstić information content (AvgIpc) is 2.23. The largest absolute Gasteiger partial charge is 0.388 e. The van der Waals surface area contributed by atoms with Crippen molar-refractivity contribution in [3.8, 4) is 0 Å². The third-order valence-corrected chi connectivity index (χ3v) is 2.45. The van der Waals surface area contributed by atoms with Gasteiger partial charge in [0, 0.05) is 6.42 Å². The van der Waals surface area contributed by atoms with Crippen LogP contribution in [-0.2, 0) is 4.79 Å². The first-order valence-corrected chi connectivity index (χ1v) is 4.75. The minimum absolute atomic E-state index is 0.106. The Hall–Kier alpha value is -1.41. The van der Waals surface area contributed by atoms with Crippen LogP contribution in [-0.4, -0.2) is 17.0 Å². The lowest BCUT2D eigenvalue weighted by molar-refractivity contribution is -0.115. The minimum atomic E-state index is -0.491. The molecule has 0 aliphatic heterocycles. The summed E-state index contributed by atoms with van der Waals surface area (Å²) in [5, 5.41) is 9.72. The fourth-order valence-corrected chi connectivity index (χ4v) is 1.68. The Labute approximate surface area is 82.9 Å². The second-order valence-corrected chi connectivity index (χ2v) is 3.49. The van der Waals surface area contributed by atoms with Gasteiger partial charge in [-0.25, -0.2) is 0 Å². The van der Waals surface area contributed by atoms with E-state index >= 15 is 0 Å². The molecule has 2 rings (SSSR count). The van der Waals surface area contributed by atoms with E-state index in [1.54, 1.807) is 6.08 Å². The van der Waals surface area contributed by atoms with Gasteiger partial charge in [-0.15, -0.1) is 0 Å². The van der Waals surface area contributed by atoms with E-state index in [0.29, 0.717) is 12.8 Å². The van der Waals surface area contributed by atoms with Crippen molar-refractivity contribution in [3.63, 3.8) is 0 Å². The van der Waals surface area contributed by atoms with Gasteiger partial charge < -0.3 is 5.11 Å². The number of aliphatic hydroxyl groups is 1. The molecule has 2 heteroatoms. The van der Waals surface area contributed by atoms with Crippen molar-refractivity contribution in [2.24, 2.45) is 0 Å². The van der Waals surface area contributed by atoms with Gasteiger partial charge in [-0.1, -0.05) is 30.3 Å². The molecule has 0 aromatic heterocycles. The van der Waals surface area contributed by atoms with Crippen molar-refractivity contribution in [1.29, 1.82) is 0 Å². The summed E-state index contributed by atoms with van der Waals surface area (Å²) in [7, 11) is 0. The number of carbonyl (C=O) groups excluding carboxylic acids is 1. The molecule has 1 aromatic rings. The number of allylic oxidation sites excluding steroid dienone is 1. The molecule has 1 atom stereocenters. The van der Waals surface area contributed by atoms with E-state index in [1.807, 2.05) is 30.3 Å². The Morgan fingerprint density at radius 3 is 2.64 bits per heavy atom. The van der Waals surface area contributed by atoms with Crippen LogP contribution in [0.2, 0.25) is 0 Å². The first-order valence-electron chi connectivity index (χ1n) is 4.75. The van der Waals surface area contributed by atoms with Crippen molar-refractivity contribution in [1.82, 2.24) is 0 Å². The van der Waals surface area contributed by atoms with Crippen molar-refractivity contribution >= 4 is 11.4 Å². The molecule has 2 nitrogen and oxygen atoms in total. The Morgan fingerprint density at radius 2 is 1.93 bits per heavy atom. The minimum Gasteiger partial charge on any atom is -0.388 e. The quantitative estimate of drug-likeness (QED) is 0.729. The number of benzene rings is 1. The number of carbonyl (C=O) groups is 1. The zero-order valence-electron chi connectivity index (χ0n) is 7.81. The van der Waals surface area contributed by atoms with E-state index in [4.69, 9.17) is 0 Å². The van der Waals surface area contributed by atoms with Gasteiger partial charge >= 0.3 is 0 Å². The van der Waals surface area contributed by atoms with Crippen molar-refractivity contribution < 1.29 is 9.90 Å². The van der Waals surface area contributed by atoms with E-state index in [0.717, 1.165) is 11.1 Å². The van der Waals surface area contributed by atoms with Gasteiger partial charge in [0.1, 0.15) is 0 Å². The lowest BCUT2D eigenvalue weighted by atomic mass is 9.90. The van der Waals surface area contributed by atoms with Crippen molar-refractivity contribution in [2.75, 3.05) is 0 Å². The zero-order chi connectivity index (χ0) is 9.97. The average molecular weight is 188 g/mol. The molecule has 0 radical (unpaired) electrons. The second kappa shape index (κ2) is 3.76.